The van der Waals surface area contributed by atoms with Crippen LogP contribution in [0.4, 0.5) is 0 Å². The first-order valence-electron chi connectivity index (χ1n) is 5.26. The minimum absolute atomic E-state index is 0.222. The van der Waals surface area contributed by atoms with Gasteiger partial charge in [-0.05, 0) is 31.2 Å². The average Bonchev–Trinajstić information content (AvgIpc) is 2.32. The van der Waals surface area contributed by atoms with E-state index in [1.54, 1.807) is 24.3 Å². The summed E-state index contributed by atoms with van der Waals surface area (Å²) in [6, 6.07) is 6.97. The van der Waals surface area contributed by atoms with Crippen molar-refractivity contribution in [1.82, 2.24) is 9.97 Å². The Hall–Kier alpha value is -1.36. The molecule has 1 aromatic carbocycles. The van der Waals surface area contributed by atoms with E-state index in [4.69, 9.17) is 33.7 Å². The van der Waals surface area contributed by atoms with Crippen LogP contribution in [0.25, 0.3) is 0 Å². The number of rotatable bonds is 3. The van der Waals surface area contributed by atoms with Gasteiger partial charge in [-0.3, -0.25) is 0 Å². The molecule has 6 heteroatoms. The van der Waals surface area contributed by atoms with Crippen LogP contribution in [0, 0.1) is 6.92 Å². The molecule has 0 unspecified atom stereocenters. The summed E-state index contributed by atoms with van der Waals surface area (Å²) in [5.41, 5.74) is 7.04. The van der Waals surface area contributed by atoms with Gasteiger partial charge in [0.25, 0.3) is 0 Å². The number of aromatic nitrogens is 2. The number of benzene rings is 1. The van der Waals surface area contributed by atoms with Gasteiger partial charge < -0.3 is 10.5 Å². The van der Waals surface area contributed by atoms with Gasteiger partial charge in [0.1, 0.15) is 5.75 Å². The highest BCUT2D eigenvalue weighted by Crippen LogP contribution is 2.30. The Labute approximate surface area is 115 Å². The molecule has 0 saturated heterocycles. The predicted molar refractivity (Wildman–Crippen MR) is 71.2 cm³/mol. The fourth-order valence-electron chi connectivity index (χ4n) is 1.41. The maximum absolute atomic E-state index is 6.00. The van der Waals surface area contributed by atoms with E-state index in [0.29, 0.717) is 28.0 Å². The van der Waals surface area contributed by atoms with E-state index >= 15 is 0 Å². The maximum Gasteiger partial charge on any atom is 0.322 e. The smallest absolute Gasteiger partial charge is 0.322 e. The molecule has 0 bridgehead atoms. The zero-order chi connectivity index (χ0) is 13.1. The SMILES string of the molecule is Cc1cc(CN)nc(Oc2ccc(Cl)cc2Cl)n1. The number of hydrogen-bond donors (Lipinski definition) is 1. The number of ether oxygens (including phenoxy) is 1. The minimum atomic E-state index is 0.222. The second-order valence-electron chi connectivity index (χ2n) is 3.66. The molecule has 2 aromatic rings. The van der Waals surface area contributed by atoms with Gasteiger partial charge in [0.05, 0.1) is 10.7 Å². The van der Waals surface area contributed by atoms with Crippen molar-refractivity contribution in [3.05, 3.63) is 45.7 Å². The molecule has 0 fully saturated rings. The summed E-state index contributed by atoms with van der Waals surface area (Å²) in [7, 11) is 0. The van der Waals surface area contributed by atoms with Gasteiger partial charge in [0.15, 0.2) is 0 Å². The third kappa shape index (κ3) is 3.10. The minimum Gasteiger partial charge on any atom is -0.423 e. The van der Waals surface area contributed by atoms with Crippen molar-refractivity contribution >= 4 is 23.2 Å². The monoisotopic (exact) mass is 283 g/mol. The zero-order valence-corrected chi connectivity index (χ0v) is 11.2. The van der Waals surface area contributed by atoms with E-state index < -0.39 is 0 Å². The Kier molecular flexibility index (Phi) is 4.01. The molecule has 1 aromatic heterocycles. The standard InChI is InChI=1S/C12H11Cl2N3O/c1-7-4-9(6-15)17-12(16-7)18-11-3-2-8(13)5-10(11)14/h2-5H,6,15H2,1H3. The van der Waals surface area contributed by atoms with Gasteiger partial charge in [-0.25, -0.2) is 4.98 Å². The molecule has 0 amide bonds. The Morgan fingerprint density at radius 3 is 2.67 bits per heavy atom. The summed E-state index contributed by atoms with van der Waals surface area (Å²) in [5, 5.41) is 0.946. The number of nitrogens with two attached hydrogens (primary N) is 1. The van der Waals surface area contributed by atoms with Crippen LogP contribution in [0.15, 0.2) is 24.3 Å². The summed E-state index contributed by atoms with van der Waals surface area (Å²) in [4.78, 5) is 8.32. The first-order chi connectivity index (χ1) is 8.58. The molecule has 0 saturated carbocycles. The van der Waals surface area contributed by atoms with Crippen LogP contribution in [-0.4, -0.2) is 9.97 Å². The summed E-state index contributed by atoms with van der Waals surface area (Å²) in [6.07, 6.45) is 0. The molecule has 0 atom stereocenters. The quantitative estimate of drug-likeness (QED) is 0.939. The summed E-state index contributed by atoms with van der Waals surface area (Å²) >= 11 is 11.8. The number of hydrogen-bond acceptors (Lipinski definition) is 4. The number of nitrogens with zero attached hydrogens (tertiary/aromatic N) is 2. The van der Waals surface area contributed by atoms with Gasteiger partial charge >= 0.3 is 6.01 Å². The maximum atomic E-state index is 6.00. The Morgan fingerprint density at radius 1 is 1.22 bits per heavy atom. The summed E-state index contributed by atoms with van der Waals surface area (Å²) in [5.74, 6) is 0.453. The second-order valence-corrected chi connectivity index (χ2v) is 4.51. The highest BCUT2D eigenvalue weighted by molar-refractivity contribution is 6.35. The molecule has 0 aliphatic heterocycles. The molecule has 2 N–H and O–H groups in total. The van der Waals surface area contributed by atoms with Crippen molar-refractivity contribution in [3.63, 3.8) is 0 Å². The van der Waals surface area contributed by atoms with Crippen molar-refractivity contribution in [3.8, 4) is 11.8 Å². The fraction of sp³-hybridized carbons (Fsp3) is 0.167. The zero-order valence-electron chi connectivity index (χ0n) is 9.65. The number of halogens is 2. The molecule has 2 rings (SSSR count). The highest BCUT2D eigenvalue weighted by atomic mass is 35.5. The van der Waals surface area contributed by atoms with E-state index in [2.05, 4.69) is 9.97 Å². The normalized spacial score (nSPS) is 10.4. The van der Waals surface area contributed by atoms with Crippen molar-refractivity contribution in [1.29, 1.82) is 0 Å². The van der Waals surface area contributed by atoms with Gasteiger partial charge in [-0.2, -0.15) is 4.98 Å². The third-order valence-electron chi connectivity index (χ3n) is 2.19. The van der Waals surface area contributed by atoms with Gasteiger partial charge in [0.2, 0.25) is 0 Å². The van der Waals surface area contributed by atoms with Crippen molar-refractivity contribution < 1.29 is 4.74 Å². The molecule has 0 aliphatic rings. The first kappa shape index (κ1) is 13.1. The van der Waals surface area contributed by atoms with Crippen LogP contribution in [-0.2, 0) is 6.54 Å². The van der Waals surface area contributed by atoms with Gasteiger partial charge in [-0.1, -0.05) is 23.2 Å². The molecule has 18 heavy (non-hydrogen) atoms. The van der Waals surface area contributed by atoms with Crippen LogP contribution < -0.4 is 10.5 Å². The lowest BCUT2D eigenvalue weighted by Gasteiger charge is -2.07. The third-order valence-corrected chi connectivity index (χ3v) is 2.72. The van der Waals surface area contributed by atoms with Crippen LogP contribution in [0.3, 0.4) is 0 Å². The molecule has 94 valence electrons. The highest BCUT2D eigenvalue weighted by Gasteiger charge is 2.07. The Bertz CT molecular complexity index is 575. The number of aryl methyl sites for hydroxylation is 1. The molecular weight excluding hydrogens is 273 g/mol. The van der Waals surface area contributed by atoms with Crippen LogP contribution >= 0.6 is 23.2 Å². The predicted octanol–water partition coefficient (Wildman–Crippen LogP) is 3.34. The lowest BCUT2D eigenvalue weighted by molar-refractivity contribution is 0.438. The van der Waals surface area contributed by atoms with E-state index in [1.165, 1.54) is 0 Å². The first-order valence-corrected chi connectivity index (χ1v) is 6.01. The van der Waals surface area contributed by atoms with Crippen LogP contribution in [0.2, 0.25) is 10.0 Å². The molecule has 1 heterocycles. The topological polar surface area (TPSA) is 61.0 Å². The molecular formula is C12H11Cl2N3O. The molecule has 0 spiro atoms. The van der Waals surface area contributed by atoms with Gasteiger partial charge in [-0.15, -0.1) is 0 Å². The molecule has 4 nitrogen and oxygen atoms in total. The van der Waals surface area contributed by atoms with E-state index in [-0.39, 0.29) is 6.01 Å². The molecule has 0 radical (unpaired) electrons. The molecule has 0 aliphatic carbocycles. The van der Waals surface area contributed by atoms with Gasteiger partial charge in [0, 0.05) is 17.3 Å². The lowest BCUT2D eigenvalue weighted by Crippen LogP contribution is -2.03. The lowest BCUT2D eigenvalue weighted by atomic mass is 10.3. The van der Waals surface area contributed by atoms with Crippen LogP contribution in [0.1, 0.15) is 11.4 Å². The van der Waals surface area contributed by atoms with Crippen molar-refractivity contribution in [2.75, 3.05) is 0 Å². The van der Waals surface area contributed by atoms with Crippen molar-refractivity contribution in [2.24, 2.45) is 5.73 Å². The Balaban J connectivity index is 2.30. The van der Waals surface area contributed by atoms with E-state index in [1.807, 2.05) is 6.92 Å². The second kappa shape index (κ2) is 5.52. The van der Waals surface area contributed by atoms with E-state index in [0.717, 1.165) is 5.69 Å². The largest absolute Gasteiger partial charge is 0.423 e. The van der Waals surface area contributed by atoms with Crippen LogP contribution in [0.5, 0.6) is 11.8 Å². The van der Waals surface area contributed by atoms with Crippen molar-refractivity contribution in [2.45, 2.75) is 13.5 Å². The average molecular weight is 284 g/mol. The Morgan fingerprint density at radius 2 is 2.00 bits per heavy atom. The van der Waals surface area contributed by atoms with E-state index in [9.17, 15) is 0 Å². The summed E-state index contributed by atoms with van der Waals surface area (Å²) in [6.45, 7) is 2.17. The summed E-state index contributed by atoms with van der Waals surface area (Å²) < 4.78 is 5.52. The fourth-order valence-corrected chi connectivity index (χ4v) is 1.86.